The zero-order valence-corrected chi connectivity index (χ0v) is 8.23. The molecule has 0 radical (unpaired) electrons. The van der Waals surface area contributed by atoms with Gasteiger partial charge in [-0.1, -0.05) is 12.1 Å². The Morgan fingerprint density at radius 2 is 2.43 bits per heavy atom. The van der Waals surface area contributed by atoms with Crippen molar-refractivity contribution >= 4 is 0 Å². The van der Waals surface area contributed by atoms with E-state index in [1.54, 1.807) is 0 Å². The van der Waals surface area contributed by atoms with Gasteiger partial charge in [-0.15, -0.1) is 0 Å². The number of hydrogen-bond donors (Lipinski definition) is 0. The van der Waals surface area contributed by atoms with E-state index in [-0.39, 0.29) is 0 Å². The van der Waals surface area contributed by atoms with Crippen molar-refractivity contribution in [3.05, 3.63) is 11.7 Å². The molecule has 74 valence electrons. The largest absolute Gasteiger partial charge is 0.339 e. The van der Waals surface area contributed by atoms with E-state index >= 15 is 0 Å². The highest BCUT2D eigenvalue weighted by Crippen LogP contribution is 2.45. The molecule has 1 aromatic rings. The highest BCUT2D eigenvalue weighted by Gasteiger charge is 2.37. The van der Waals surface area contributed by atoms with Gasteiger partial charge in [-0.2, -0.15) is 10.2 Å². The Hall–Kier alpha value is -1.37. The standard InChI is InChI=1S/C10H13N3O/c1-7-6-8(7)10-12-9(14-13-10)4-2-3-5-11/h7-8H,2-4,6H2,1H3. The average Bonchev–Trinajstić information content (AvgIpc) is 2.74. The monoisotopic (exact) mass is 191 g/mol. The number of hydrogen-bond acceptors (Lipinski definition) is 4. The summed E-state index contributed by atoms with van der Waals surface area (Å²) in [5, 5.41) is 12.3. The van der Waals surface area contributed by atoms with Crippen LogP contribution in [-0.2, 0) is 6.42 Å². The fourth-order valence-corrected chi connectivity index (χ4v) is 1.52. The minimum atomic E-state index is 0.517. The first kappa shape index (κ1) is 9.20. The fourth-order valence-electron chi connectivity index (χ4n) is 1.52. The molecule has 14 heavy (non-hydrogen) atoms. The Labute approximate surface area is 82.9 Å². The van der Waals surface area contributed by atoms with Gasteiger partial charge in [0.25, 0.3) is 0 Å². The molecule has 1 aliphatic carbocycles. The van der Waals surface area contributed by atoms with Gasteiger partial charge in [-0.05, 0) is 18.8 Å². The third-order valence-corrected chi connectivity index (χ3v) is 2.60. The lowest BCUT2D eigenvalue weighted by atomic mass is 10.2. The number of unbranched alkanes of at least 4 members (excludes halogenated alkanes) is 1. The van der Waals surface area contributed by atoms with Gasteiger partial charge < -0.3 is 4.52 Å². The molecular formula is C10H13N3O. The number of nitrogens with zero attached hydrogens (tertiary/aromatic N) is 3. The van der Waals surface area contributed by atoms with Crippen LogP contribution in [0.1, 0.15) is 43.8 Å². The molecule has 2 unspecified atom stereocenters. The predicted molar refractivity (Wildman–Crippen MR) is 49.4 cm³/mol. The second kappa shape index (κ2) is 3.79. The van der Waals surface area contributed by atoms with E-state index in [9.17, 15) is 0 Å². The quantitative estimate of drug-likeness (QED) is 0.683. The molecule has 1 fully saturated rings. The second-order valence-electron chi connectivity index (χ2n) is 3.88. The summed E-state index contributed by atoms with van der Waals surface area (Å²) in [4.78, 5) is 4.31. The van der Waals surface area contributed by atoms with E-state index in [1.807, 2.05) is 0 Å². The SMILES string of the molecule is CC1CC1c1noc(CCCC#N)n1. The third-order valence-electron chi connectivity index (χ3n) is 2.60. The molecule has 0 aromatic carbocycles. The molecule has 0 aliphatic heterocycles. The number of rotatable bonds is 4. The Kier molecular flexibility index (Phi) is 2.49. The van der Waals surface area contributed by atoms with Gasteiger partial charge >= 0.3 is 0 Å². The summed E-state index contributed by atoms with van der Waals surface area (Å²) in [5.74, 6) is 2.75. The molecule has 1 saturated carbocycles. The highest BCUT2D eigenvalue weighted by atomic mass is 16.5. The van der Waals surface area contributed by atoms with Crippen LogP contribution in [0.4, 0.5) is 0 Å². The van der Waals surface area contributed by atoms with E-state index in [0.717, 1.165) is 18.7 Å². The minimum absolute atomic E-state index is 0.517. The van der Waals surface area contributed by atoms with Gasteiger partial charge in [-0.25, -0.2) is 0 Å². The number of aryl methyl sites for hydroxylation is 1. The maximum atomic E-state index is 8.37. The molecule has 0 amide bonds. The van der Waals surface area contributed by atoms with Crippen molar-refractivity contribution in [3.63, 3.8) is 0 Å². The van der Waals surface area contributed by atoms with Crippen LogP contribution >= 0.6 is 0 Å². The van der Waals surface area contributed by atoms with Crippen LogP contribution < -0.4 is 0 Å². The molecule has 4 heteroatoms. The van der Waals surface area contributed by atoms with Crippen LogP contribution in [0, 0.1) is 17.2 Å². The summed E-state index contributed by atoms with van der Waals surface area (Å²) in [6, 6.07) is 2.10. The van der Waals surface area contributed by atoms with E-state index in [2.05, 4.69) is 23.1 Å². The summed E-state index contributed by atoms with van der Waals surface area (Å²) in [7, 11) is 0. The van der Waals surface area contributed by atoms with E-state index in [4.69, 9.17) is 9.78 Å². The third kappa shape index (κ3) is 1.92. The van der Waals surface area contributed by atoms with Gasteiger partial charge in [0, 0.05) is 18.8 Å². The summed E-state index contributed by atoms with van der Waals surface area (Å²) >= 11 is 0. The van der Waals surface area contributed by atoms with Crippen molar-refractivity contribution in [3.8, 4) is 6.07 Å². The molecule has 0 saturated heterocycles. The molecule has 0 spiro atoms. The number of nitriles is 1. The molecule has 1 aliphatic rings. The van der Waals surface area contributed by atoms with Gasteiger partial charge in [-0.3, -0.25) is 0 Å². The van der Waals surface area contributed by atoms with Gasteiger partial charge in [0.15, 0.2) is 5.82 Å². The first-order valence-corrected chi connectivity index (χ1v) is 5.00. The maximum absolute atomic E-state index is 8.37. The Bertz CT molecular complexity index is 352. The van der Waals surface area contributed by atoms with Crippen molar-refractivity contribution in [1.82, 2.24) is 10.1 Å². The summed E-state index contributed by atoms with van der Waals surface area (Å²) < 4.78 is 5.09. The Morgan fingerprint density at radius 3 is 3.07 bits per heavy atom. The molecule has 1 aromatic heterocycles. The maximum Gasteiger partial charge on any atom is 0.226 e. The molecule has 2 rings (SSSR count). The topological polar surface area (TPSA) is 62.7 Å². The van der Waals surface area contributed by atoms with Crippen LogP contribution in [0.2, 0.25) is 0 Å². The van der Waals surface area contributed by atoms with Crippen LogP contribution in [0.25, 0.3) is 0 Å². The molecule has 0 N–H and O–H groups in total. The van der Waals surface area contributed by atoms with Crippen molar-refractivity contribution < 1.29 is 4.52 Å². The Balaban J connectivity index is 1.87. The Morgan fingerprint density at radius 1 is 1.64 bits per heavy atom. The van der Waals surface area contributed by atoms with Crippen LogP contribution in [0.5, 0.6) is 0 Å². The summed E-state index contributed by atoms with van der Waals surface area (Å²) in [6.07, 6.45) is 3.26. The zero-order chi connectivity index (χ0) is 9.97. The van der Waals surface area contributed by atoms with E-state index in [0.29, 0.717) is 24.1 Å². The molecule has 2 atom stereocenters. The highest BCUT2D eigenvalue weighted by molar-refractivity contribution is 5.07. The van der Waals surface area contributed by atoms with Crippen molar-refractivity contribution in [2.24, 2.45) is 5.92 Å². The first-order valence-electron chi connectivity index (χ1n) is 5.00. The fraction of sp³-hybridized carbons (Fsp3) is 0.700. The summed E-state index contributed by atoms with van der Waals surface area (Å²) in [6.45, 7) is 2.19. The lowest BCUT2D eigenvalue weighted by Crippen LogP contribution is -1.87. The van der Waals surface area contributed by atoms with Gasteiger partial charge in [0.1, 0.15) is 0 Å². The summed E-state index contributed by atoms with van der Waals surface area (Å²) in [5.41, 5.74) is 0. The lowest BCUT2D eigenvalue weighted by molar-refractivity contribution is 0.370. The first-order chi connectivity index (χ1) is 6.81. The van der Waals surface area contributed by atoms with Gasteiger partial charge in [0.05, 0.1) is 6.07 Å². The van der Waals surface area contributed by atoms with E-state index in [1.165, 1.54) is 6.42 Å². The van der Waals surface area contributed by atoms with Crippen molar-refractivity contribution in [2.75, 3.05) is 0 Å². The molecular weight excluding hydrogens is 178 g/mol. The molecule has 1 heterocycles. The molecule has 0 bridgehead atoms. The minimum Gasteiger partial charge on any atom is -0.339 e. The smallest absolute Gasteiger partial charge is 0.226 e. The second-order valence-corrected chi connectivity index (χ2v) is 3.88. The normalized spacial score (nSPS) is 24.6. The molecule has 4 nitrogen and oxygen atoms in total. The van der Waals surface area contributed by atoms with Crippen LogP contribution in [-0.4, -0.2) is 10.1 Å². The average molecular weight is 191 g/mol. The van der Waals surface area contributed by atoms with Crippen LogP contribution in [0.15, 0.2) is 4.52 Å². The predicted octanol–water partition coefficient (Wildman–Crippen LogP) is 2.04. The van der Waals surface area contributed by atoms with E-state index < -0.39 is 0 Å². The lowest BCUT2D eigenvalue weighted by Gasteiger charge is -1.87. The van der Waals surface area contributed by atoms with Crippen molar-refractivity contribution in [2.45, 2.75) is 38.5 Å². The zero-order valence-electron chi connectivity index (χ0n) is 8.23. The number of aromatic nitrogens is 2. The van der Waals surface area contributed by atoms with Crippen LogP contribution in [0.3, 0.4) is 0 Å². The van der Waals surface area contributed by atoms with Gasteiger partial charge in [0.2, 0.25) is 5.89 Å². The van der Waals surface area contributed by atoms with Crippen molar-refractivity contribution in [1.29, 1.82) is 5.26 Å².